The van der Waals surface area contributed by atoms with Crippen LogP contribution in [0.3, 0.4) is 0 Å². The molecule has 1 fully saturated rings. The third-order valence-corrected chi connectivity index (χ3v) is 3.35. The number of carbonyl (C=O) groups excluding carboxylic acids is 2. The molecule has 0 aromatic carbocycles. The van der Waals surface area contributed by atoms with Gasteiger partial charge in [-0.3, -0.25) is 9.59 Å². The minimum Gasteiger partial charge on any atom is -0.356 e. The van der Waals surface area contributed by atoms with Gasteiger partial charge in [-0.1, -0.05) is 0 Å². The first kappa shape index (κ1) is 13.1. The number of nitrogens with one attached hydrogen (secondary N) is 3. The Balaban J connectivity index is 2.06. The van der Waals surface area contributed by atoms with Gasteiger partial charge in [-0.05, 0) is 26.3 Å². The summed E-state index contributed by atoms with van der Waals surface area (Å²) in [4.78, 5) is 26.2. The van der Waals surface area contributed by atoms with Gasteiger partial charge in [0.15, 0.2) is 0 Å². The lowest BCUT2D eigenvalue weighted by atomic mass is 9.87. The van der Waals surface area contributed by atoms with Crippen LogP contribution in [0.5, 0.6) is 0 Å². The highest BCUT2D eigenvalue weighted by Gasteiger charge is 2.36. The van der Waals surface area contributed by atoms with Gasteiger partial charge in [-0.2, -0.15) is 5.26 Å². The molecule has 3 N–H and O–H groups in total. The van der Waals surface area contributed by atoms with Crippen molar-refractivity contribution in [1.82, 2.24) is 15.6 Å². The van der Waals surface area contributed by atoms with Gasteiger partial charge in [-0.25, -0.2) is 0 Å². The maximum absolute atomic E-state index is 12.0. The molecule has 0 spiro atoms. The van der Waals surface area contributed by atoms with Crippen LogP contribution in [0.4, 0.5) is 0 Å². The largest absolute Gasteiger partial charge is 0.356 e. The van der Waals surface area contributed by atoms with Gasteiger partial charge in [-0.15, -0.1) is 0 Å². The van der Waals surface area contributed by atoms with Crippen LogP contribution in [-0.4, -0.2) is 28.4 Å². The molecule has 1 aromatic heterocycles. The summed E-state index contributed by atoms with van der Waals surface area (Å²) in [6.07, 6.45) is 2.50. The molecule has 1 saturated heterocycles. The first-order chi connectivity index (χ1) is 8.92. The second-order valence-electron chi connectivity index (χ2n) is 5.25. The maximum atomic E-state index is 12.0. The van der Waals surface area contributed by atoms with Crippen molar-refractivity contribution in [2.45, 2.75) is 38.3 Å². The van der Waals surface area contributed by atoms with E-state index in [4.69, 9.17) is 5.26 Å². The zero-order valence-corrected chi connectivity index (χ0v) is 10.9. The van der Waals surface area contributed by atoms with Crippen molar-refractivity contribution in [3.8, 4) is 6.07 Å². The third kappa shape index (κ3) is 2.76. The molecule has 1 unspecified atom stereocenters. The Labute approximate surface area is 111 Å². The van der Waals surface area contributed by atoms with E-state index in [0.29, 0.717) is 24.1 Å². The second kappa shape index (κ2) is 4.76. The van der Waals surface area contributed by atoms with E-state index in [1.54, 1.807) is 0 Å². The number of H-pyrrole nitrogens is 1. The van der Waals surface area contributed by atoms with E-state index in [1.165, 1.54) is 12.3 Å². The SMILES string of the molecule is CC1(C)NC(=O)CCC1NC(=O)c1cc(C#N)c[nH]1. The summed E-state index contributed by atoms with van der Waals surface area (Å²) < 4.78 is 0. The normalized spacial score (nSPS) is 21.3. The minimum atomic E-state index is -0.477. The molecule has 1 atom stereocenters. The van der Waals surface area contributed by atoms with Gasteiger partial charge in [0.05, 0.1) is 17.1 Å². The molecule has 2 heterocycles. The topological polar surface area (TPSA) is 97.8 Å². The van der Waals surface area contributed by atoms with Gasteiger partial charge in [0.25, 0.3) is 5.91 Å². The fourth-order valence-electron chi connectivity index (χ4n) is 2.22. The quantitative estimate of drug-likeness (QED) is 0.729. The summed E-state index contributed by atoms with van der Waals surface area (Å²) in [6.45, 7) is 3.76. The van der Waals surface area contributed by atoms with Gasteiger partial charge >= 0.3 is 0 Å². The van der Waals surface area contributed by atoms with Gasteiger partial charge < -0.3 is 15.6 Å². The van der Waals surface area contributed by atoms with Gasteiger partial charge in [0, 0.05) is 12.6 Å². The summed E-state index contributed by atoms with van der Waals surface area (Å²) in [5, 5.41) is 14.5. The average Bonchev–Trinajstić information content (AvgIpc) is 2.80. The fourth-order valence-corrected chi connectivity index (χ4v) is 2.22. The number of amides is 2. The molecule has 19 heavy (non-hydrogen) atoms. The molecule has 100 valence electrons. The number of nitriles is 1. The van der Waals surface area contributed by atoms with Gasteiger partial charge in [0.1, 0.15) is 11.8 Å². The number of carbonyl (C=O) groups is 2. The number of nitrogens with zero attached hydrogens (tertiary/aromatic N) is 1. The summed E-state index contributed by atoms with van der Waals surface area (Å²) in [6, 6.07) is 3.33. The Morgan fingerprint density at radius 2 is 2.32 bits per heavy atom. The van der Waals surface area contributed by atoms with Crippen molar-refractivity contribution in [3.63, 3.8) is 0 Å². The predicted molar refractivity (Wildman–Crippen MR) is 68.2 cm³/mol. The highest BCUT2D eigenvalue weighted by Crippen LogP contribution is 2.20. The summed E-state index contributed by atoms with van der Waals surface area (Å²) in [5.41, 5.74) is 0.293. The van der Waals surface area contributed by atoms with Crippen LogP contribution >= 0.6 is 0 Å². The van der Waals surface area contributed by atoms with Crippen molar-refractivity contribution in [2.75, 3.05) is 0 Å². The summed E-state index contributed by atoms with van der Waals surface area (Å²) >= 11 is 0. The van der Waals surface area contributed by atoms with E-state index in [-0.39, 0.29) is 17.9 Å². The van der Waals surface area contributed by atoms with Crippen LogP contribution in [0.25, 0.3) is 0 Å². The average molecular weight is 260 g/mol. The number of rotatable bonds is 2. The number of aromatic amines is 1. The van der Waals surface area contributed by atoms with Crippen LogP contribution in [0.1, 0.15) is 42.7 Å². The fraction of sp³-hybridized carbons (Fsp3) is 0.462. The molecule has 1 aromatic rings. The molecule has 6 nitrogen and oxygen atoms in total. The van der Waals surface area contributed by atoms with Crippen molar-refractivity contribution in [3.05, 3.63) is 23.5 Å². The van der Waals surface area contributed by atoms with Crippen molar-refractivity contribution in [2.24, 2.45) is 0 Å². The molecule has 1 aliphatic rings. The van der Waals surface area contributed by atoms with E-state index in [2.05, 4.69) is 15.6 Å². The number of hydrogen-bond donors (Lipinski definition) is 3. The lowest BCUT2D eigenvalue weighted by Gasteiger charge is -2.39. The molecule has 0 aliphatic carbocycles. The smallest absolute Gasteiger partial charge is 0.268 e. The Morgan fingerprint density at radius 1 is 1.58 bits per heavy atom. The van der Waals surface area contributed by atoms with Crippen LogP contribution in [0, 0.1) is 11.3 Å². The number of piperidine rings is 1. The Bertz CT molecular complexity index is 553. The molecule has 2 rings (SSSR count). The monoisotopic (exact) mass is 260 g/mol. The maximum Gasteiger partial charge on any atom is 0.268 e. The summed E-state index contributed by atoms with van der Waals surface area (Å²) in [7, 11) is 0. The van der Waals surface area contributed by atoms with Gasteiger partial charge in [0.2, 0.25) is 5.91 Å². The molecule has 6 heteroatoms. The van der Waals surface area contributed by atoms with Crippen LogP contribution in [0.2, 0.25) is 0 Å². The Kier molecular flexibility index (Phi) is 3.30. The highest BCUT2D eigenvalue weighted by atomic mass is 16.2. The Morgan fingerprint density at radius 3 is 2.89 bits per heavy atom. The van der Waals surface area contributed by atoms with Crippen LogP contribution in [0.15, 0.2) is 12.3 Å². The molecule has 0 saturated carbocycles. The summed E-state index contributed by atoms with van der Waals surface area (Å²) in [5.74, 6) is -0.266. The van der Waals surface area contributed by atoms with E-state index in [1.807, 2.05) is 19.9 Å². The second-order valence-corrected chi connectivity index (χ2v) is 5.25. The first-order valence-electron chi connectivity index (χ1n) is 6.13. The lowest BCUT2D eigenvalue weighted by Crippen LogP contribution is -2.62. The number of aromatic nitrogens is 1. The molecular formula is C13H16N4O2. The molecular weight excluding hydrogens is 244 g/mol. The van der Waals surface area contributed by atoms with E-state index in [9.17, 15) is 9.59 Å². The molecule has 0 radical (unpaired) electrons. The zero-order valence-electron chi connectivity index (χ0n) is 10.9. The Hall–Kier alpha value is -2.29. The van der Waals surface area contributed by atoms with E-state index >= 15 is 0 Å². The van der Waals surface area contributed by atoms with Crippen molar-refractivity contribution in [1.29, 1.82) is 5.26 Å². The van der Waals surface area contributed by atoms with Crippen molar-refractivity contribution < 1.29 is 9.59 Å². The molecule has 0 bridgehead atoms. The lowest BCUT2D eigenvalue weighted by molar-refractivity contribution is -0.125. The molecule has 1 aliphatic heterocycles. The minimum absolute atomic E-state index is 0.00198. The zero-order chi connectivity index (χ0) is 14.0. The first-order valence-corrected chi connectivity index (χ1v) is 6.13. The van der Waals surface area contributed by atoms with E-state index in [0.717, 1.165) is 0 Å². The number of hydrogen-bond acceptors (Lipinski definition) is 3. The highest BCUT2D eigenvalue weighted by molar-refractivity contribution is 5.93. The van der Waals surface area contributed by atoms with Crippen LogP contribution < -0.4 is 10.6 Å². The predicted octanol–water partition coefficient (Wildman–Crippen LogP) is 0.673. The third-order valence-electron chi connectivity index (χ3n) is 3.35. The molecule has 2 amide bonds. The van der Waals surface area contributed by atoms with E-state index < -0.39 is 5.54 Å². The van der Waals surface area contributed by atoms with Crippen LogP contribution in [-0.2, 0) is 4.79 Å². The standard InChI is InChI=1S/C13H16N4O2/c1-13(2)10(3-4-11(18)17-13)16-12(19)9-5-8(6-14)7-15-9/h5,7,10,15H,3-4H2,1-2H3,(H,16,19)(H,17,18). The van der Waals surface area contributed by atoms with Crippen molar-refractivity contribution >= 4 is 11.8 Å².